The van der Waals surface area contributed by atoms with Crippen LogP contribution in [0.2, 0.25) is 0 Å². The van der Waals surface area contributed by atoms with Crippen molar-refractivity contribution < 1.29 is 4.48 Å². The first-order valence-corrected chi connectivity index (χ1v) is 6.95. The monoisotopic (exact) mass is 295 g/mol. The van der Waals surface area contributed by atoms with Crippen LogP contribution in [0.5, 0.6) is 0 Å². The summed E-state index contributed by atoms with van der Waals surface area (Å²) in [5, 5.41) is 0. The van der Waals surface area contributed by atoms with Crippen LogP contribution in [0.1, 0.15) is 37.1 Å². The van der Waals surface area contributed by atoms with E-state index in [0.29, 0.717) is 0 Å². The van der Waals surface area contributed by atoms with Crippen LogP contribution in [0.4, 0.5) is 0 Å². The molecule has 0 aromatic heterocycles. The summed E-state index contributed by atoms with van der Waals surface area (Å²) in [7, 11) is 2.21. The summed E-state index contributed by atoms with van der Waals surface area (Å²) in [6.45, 7) is 3.32. The van der Waals surface area contributed by atoms with Gasteiger partial charge in [0.25, 0.3) is 0 Å². The molecule has 1 aromatic carbocycles. The van der Waals surface area contributed by atoms with Gasteiger partial charge in [-0.2, -0.15) is 0 Å². The average molecular weight is 296 g/mol. The van der Waals surface area contributed by atoms with E-state index in [-0.39, 0.29) is 6.17 Å². The van der Waals surface area contributed by atoms with Crippen molar-refractivity contribution in [1.82, 2.24) is 0 Å². The lowest BCUT2D eigenvalue weighted by molar-refractivity contribution is -0.891. The molecular weight excluding hydrogens is 276 g/mol. The Balaban J connectivity index is 2.34. The third-order valence-corrected chi connectivity index (χ3v) is 4.08. The maximum Gasteiger partial charge on any atom is 0.171 e. The van der Waals surface area contributed by atoms with Crippen LogP contribution in [0.25, 0.3) is 6.08 Å². The number of quaternary nitrogens is 1. The average Bonchev–Trinajstić information content (AvgIpc) is 2.32. The first-order valence-electron chi connectivity index (χ1n) is 6.16. The van der Waals surface area contributed by atoms with Crippen LogP contribution < -0.4 is 5.73 Å². The summed E-state index contributed by atoms with van der Waals surface area (Å²) in [5.41, 5.74) is 8.91. The lowest BCUT2D eigenvalue weighted by Crippen LogP contribution is -2.48. The van der Waals surface area contributed by atoms with E-state index >= 15 is 0 Å². The van der Waals surface area contributed by atoms with Crippen LogP contribution in [-0.2, 0) is 0 Å². The maximum absolute atomic E-state index is 6.43. The first kappa shape index (κ1) is 12.8. The highest BCUT2D eigenvalue weighted by Crippen LogP contribution is 2.33. The minimum Gasteiger partial charge on any atom is -0.281 e. The van der Waals surface area contributed by atoms with Gasteiger partial charge < -0.3 is 0 Å². The van der Waals surface area contributed by atoms with Crippen molar-refractivity contribution >= 4 is 22.0 Å². The quantitative estimate of drug-likeness (QED) is 0.847. The lowest BCUT2D eigenvalue weighted by atomic mass is 9.99. The molecule has 0 radical (unpaired) electrons. The number of hydrogen-bond donors (Lipinski definition) is 1. The highest BCUT2D eigenvalue weighted by Gasteiger charge is 2.32. The van der Waals surface area contributed by atoms with Gasteiger partial charge in [-0.15, -0.1) is 0 Å². The SMILES string of the molecule is CCCC[N+]1(C)C=Cc2ccc(Br)cc2C1N. The molecule has 2 unspecified atom stereocenters. The van der Waals surface area contributed by atoms with E-state index in [0.717, 1.165) is 15.5 Å². The summed E-state index contributed by atoms with van der Waals surface area (Å²) in [4.78, 5) is 0. The Bertz CT molecular complexity index is 442. The van der Waals surface area contributed by atoms with Crippen LogP contribution in [0.3, 0.4) is 0 Å². The van der Waals surface area contributed by atoms with E-state index in [2.05, 4.69) is 60.4 Å². The Hall–Kier alpha value is -0.640. The van der Waals surface area contributed by atoms with Crippen LogP contribution >= 0.6 is 15.9 Å². The number of benzene rings is 1. The Labute approximate surface area is 112 Å². The molecule has 0 saturated heterocycles. The van der Waals surface area contributed by atoms with Gasteiger partial charge in [-0.25, -0.2) is 0 Å². The zero-order valence-electron chi connectivity index (χ0n) is 10.5. The van der Waals surface area contributed by atoms with E-state index in [1.807, 2.05) is 0 Å². The van der Waals surface area contributed by atoms with Crippen LogP contribution in [0.15, 0.2) is 28.9 Å². The molecule has 0 saturated carbocycles. The van der Waals surface area contributed by atoms with Gasteiger partial charge in [0, 0.05) is 10.0 Å². The molecule has 3 heteroatoms. The van der Waals surface area contributed by atoms with Gasteiger partial charge in [-0.3, -0.25) is 10.2 Å². The van der Waals surface area contributed by atoms with Crippen molar-refractivity contribution in [2.75, 3.05) is 13.6 Å². The summed E-state index contributed by atoms with van der Waals surface area (Å²) >= 11 is 3.52. The fourth-order valence-corrected chi connectivity index (χ4v) is 2.71. The van der Waals surface area contributed by atoms with Crippen molar-refractivity contribution in [1.29, 1.82) is 0 Å². The summed E-state index contributed by atoms with van der Waals surface area (Å²) in [6, 6.07) is 6.34. The number of fused-ring (bicyclic) bond motifs is 1. The van der Waals surface area contributed by atoms with Crippen molar-refractivity contribution in [3.63, 3.8) is 0 Å². The van der Waals surface area contributed by atoms with Gasteiger partial charge in [-0.1, -0.05) is 35.3 Å². The topological polar surface area (TPSA) is 26.0 Å². The summed E-state index contributed by atoms with van der Waals surface area (Å²) in [5.74, 6) is 0. The van der Waals surface area contributed by atoms with E-state index in [1.165, 1.54) is 24.0 Å². The molecule has 0 aliphatic carbocycles. The molecule has 2 rings (SSSR count). The van der Waals surface area contributed by atoms with Gasteiger partial charge in [0.1, 0.15) is 0 Å². The lowest BCUT2D eigenvalue weighted by Gasteiger charge is -2.39. The first-order chi connectivity index (χ1) is 8.07. The molecule has 1 aliphatic heterocycles. The summed E-state index contributed by atoms with van der Waals surface area (Å²) in [6.07, 6.45) is 6.88. The molecule has 2 N–H and O–H groups in total. The van der Waals surface area contributed by atoms with Crippen molar-refractivity contribution in [2.24, 2.45) is 5.73 Å². The Kier molecular flexibility index (Phi) is 3.71. The highest BCUT2D eigenvalue weighted by molar-refractivity contribution is 9.10. The Morgan fingerprint density at radius 1 is 1.41 bits per heavy atom. The van der Waals surface area contributed by atoms with Gasteiger partial charge in [0.05, 0.1) is 19.8 Å². The fourth-order valence-electron chi connectivity index (χ4n) is 2.33. The molecule has 2 nitrogen and oxygen atoms in total. The summed E-state index contributed by atoms with van der Waals surface area (Å²) < 4.78 is 1.90. The normalized spacial score (nSPS) is 26.9. The van der Waals surface area contributed by atoms with E-state index in [9.17, 15) is 0 Å². The zero-order valence-corrected chi connectivity index (χ0v) is 12.1. The second-order valence-electron chi connectivity index (χ2n) is 4.96. The van der Waals surface area contributed by atoms with E-state index in [1.54, 1.807) is 0 Å². The Morgan fingerprint density at radius 3 is 2.88 bits per heavy atom. The third-order valence-electron chi connectivity index (χ3n) is 3.59. The molecule has 17 heavy (non-hydrogen) atoms. The smallest absolute Gasteiger partial charge is 0.171 e. The number of nitrogens with zero attached hydrogens (tertiary/aromatic N) is 1. The van der Waals surface area contributed by atoms with Gasteiger partial charge in [-0.05, 0) is 30.2 Å². The van der Waals surface area contributed by atoms with Crippen molar-refractivity contribution in [3.8, 4) is 0 Å². The fraction of sp³-hybridized carbons (Fsp3) is 0.429. The maximum atomic E-state index is 6.43. The molecule has 0 spiro atoms. The second kappa shape index (κ2) is 4.92. The largest absolute Gasteiger partial charge is 0.281 e. The van der Waals surface area contributed by atoms with E-state index in [4.69, 9.17) is 5.73 Å². The van der Waals surface area contributed by atoms with Crippen molar-refractivity contribution in [2.45, 2.75) is 25.9 Å². The molecule has 1 aliphatic rings. The number of nitrogens with two attached hydrogens (primary N) is 1. The number of unbranched alkanes of at least 4 members (excludes halogenated alkanes) is 1. The molecule has 0 bridgehead atoms. The standard InChI is InChI=1S/C14H20BrN2/c1-3-4-8-17(2)9-7-11-5-6-12(15)10-13(11)14(17)16/h5-7,9-10,14H,3-4,8,16H2,1-2H3/q+1. The minimum absolute atomic E-state index is 0.0408. The Morgan fingerprint density at radius 2 is 2.18 bits per heavy atom. The highest BCUT2D eigenvalue weighted by atomic mass is 79.9. The van der Waals surface area contributed by atoms with Gasteiger partial charge in [0.2, 0.25) is 0 Å². The van der Waals surface area contributed by atoms with Crippen LogP contribution in [-0.4, -0.2) is 18.1 Å². The molecule has 2 atom stereocenters. The molecule has 0 amide bonds. The molecule has 1 aromatic rings. The molecule has 0 fully saturated rings. The van der Waals surface area contributed by atoms with Crippen molar-refractivity contribution in [3.05, 3.63) is 40.0 Å². The molecule has 1 heterocycles. The molecule has 92 valence electrons. The van der Waals surface area contributed by atoms with Gasteiger partial charge >= 0.3 is 0 Å². The number of hydrogen-bond acceptors (Lipinski definition) is 1. The number of rotatable bonds is 3. The minimum atomic E-state index is 0.0408. The second-order valence-corrected chi connectivity index (χ2v) is 5.87. The van der Waals surface area contributed by atoms with E-state index < -0.39 is 0 Å². The zero-order chi connectivity index (χ0) is 12.5. The van der Waals surface area contributed by atoms with Crippen LogP contribution in [0, 0.1) is 0 Å². The molecular formula is C14H20BrN2+. The number of halogens is 1. The predicted molar refractivity (Wildman–Crippen MR) is 76.1 cm³/mol. The third kappa shape index (κ3) is 2.46. The van der Waals surface area contributed by atoms with Gasteiger partial charge in [0.15, 0.2) is 6.17 Å². The predicted octanol–water partition coefficient (Wildman–Crippen LogP) is 3.64.